The topological polar surface area (TPSA) is 12.4 Å². The van der Waals surface area contributed by atoms with Gasteiger partial charge in [0.25, 0.3) is 0 Å². The summed E-state index contributed by atoms with van der Waals surface area (Å²) in [6.07, 6.45) is 12.7. The van der Waals surface area contributed by atoms with Crippen LogP contribution in [0.5, 0.6) is 0 Å². The predicted octanol–water partition coefficient (Wildman–Crippen LogP) is 3.26. The van der Waals surface area contributed by atoms with E-state index in [1.165, 1.54) is 17.6 Å². The lowest BCUT2D eigenvalue weighted by atomic mass is 10.0. The van der Waals surface area contributed by atoms with Gasteiger partial charge in [-0.1, -0.05) is 18.2 Å². The standard InChI is InChI=1S/C11H15N/c1-3-12-9-10(2)11-7-5-4-6-8-11/h3,5,7-9H,4,6H2,1-2H3/b10-9+,12-3?. The highest BCUT2D eigenvalue weighted by Gasteiger charge is 1.97. The van der Waals surface area contributed by atoms with Gasteiger partial charge in [-0.15, -0.1) is 0 Å². The molecule has 0 saturated carbocycles. The van der Waals surface area contributed by atoms with E-state index in [2.05, 4.69) is 30.1 Å². The Hall–Kier alpha value is -1.11. The molecule has 0 aromatic rings. The molecule has 0 N–H and O–H groups in total. The molecule has 0 atom stereocenters. The molecular formula is C11H15N. The molecule has 0 aliphatic heterocycles. The first-order valence-electron chi connectivity index (χ1n) is 4.36. The van der Waals surface area contributed by atoms with Crippen LogP contribution in [-0.4, -0.2) is 6.21 Å². The molecule has 0 saturated heterocycles. The van der Waals surface area contributed by atoms with Crippen molar-refractivity contribution < 1.29 is 0 Å². The highest BCUT2D eigenvalue weighted by atomic mass is 14.7. The van der Waals surface area contributed by atoms with Crippen LogP contribution < -0.4 is 0 Å². The molecule has 0 unspecified atom stereocenters. The SMILES string of the molecule is CC=N/C=C(\C)C1=CCCC=C1. The van der Waals surface area contributed by atoms with E-state index in [0.717, 1.165) is 6.42 Å². The first-order chi connectivity index (χ1) is 5.84. The average molecular weight is 161 g/mol. The number of nitrogens with zero attached hydrogens (tertiary/aromatic N) is 1. The van der Waals surface area contributed by atoms with E-state index in [9.17, 15) is 0 Å². The van der Waals surface area contributed by atoms with Crippen LogP contribution in [0.15, 0.2) is 40.6 Å². The number of aliphatic imine (C=N–C) groups is 1. The van der Waals surface area contributed by atoms with Gasteiger partial charge >= 0.3 is 0 Å². The monoisotopic (exact) mass is 161 g/mol. The zero-order valence-electron chi connectivity index (χ0n) is 7.75. The quantitative estimate of drug-likeness (QED) is 0.551. The maximum atomic E-state index is 4.09. The second kappa shape index (κ2) is 4.70. The number of hydrogen-bond acceptors (Lipinski definition) is 1. The fourth-order valence-corrected chi connectivity index (χ4v) is 1.17. The van der Waals surface area contributed by atoms with Crippen molar-refractivity contribution in [3.05, 3.63) is 35.6 Å². The zero-order valence-corrected chi connectivity index (χ0v) is 7.75. The molecule has 0 fully saturated rings. The first-order valence-corrected chi connectivity index (χ1v) is 4.36. The predicted molar refractivity (Wildman–Crippen MR) is 54.4 cm³/mol. The number of allylic oxidation sites excluding steroid dienone is 5. The summed E-state index contributed by atoms with van der Waals surface area (Å²) in [5.74, 6) is 0. The Morgan fingerprint density at radius 3 is 2.92 bits per heavy atom. The molecule has 0 heterocycles. The van der Waals surface area contributed by atoms with Crippen LogP contribution in [0.25, 0.3) is 0 Å². The maximum absolute atomic E-state index is 4.09. The third-order valence-electron chi connectivity index (χ3n) is 1.87. The maximum Gasteiger partial charge on any atom is 0.0298 e. The van der Waals surface area contributed by atoms with Crippen molar-refractivity contribution in [2.75, 3.05) is 0 Å². The van der Waals surface area contributed by atoms with Crippen LogP contribution in [0, 0.1) is 0 Å². The second-order valence-electron chi connectivity index (χ2n) is 2.86. The molecule has 0 aromatic heterocycles. The van der Waals surface area contributed by atoms with Crippen LogP contribution in [0.4, 0.5) is 0 Å². The average Bonchev–Trinajstić information content (AvgIpc) is 2.15. The Balaban J connectivity index is 2.69. The third kappa shape index (κ3) is 2.50. The minimum atomic E-state index is 1.16. The Morgan fingerprint density at radius 2 is 2.33 bits per heavy atom. The van der Waals surface area contributed by atoms with E-state index >= 15 is 0 Å². The highest BCUT2D eigenvalue weighted by molar-refractivity contribution is 5.55. The van der Waals surface area contributed by atoms with Crippen LogP contribution in [-0.2, 0) is 0 Å². The Kier molecular flexibility index (Phi) is 3.52. The molecule has 1 nitrogen and oxygen atoms in total. The van der Waals surface area contributed by atoms with Gasteiger partial charge in [0.05, 0.1) is 0 Å². The molecule has 12 heavy (non-hydrogen) atoms. The third-order valence-corrected chi connectivity index (χ3v) is 1.87. The summed E-state index contributed by atoms with van der Waals surface area (Å²) in [4.78, 5) is 4.09. The zero-order chi connectivity index (χ0) is 8.81. The van der Waals surface area contributed by atoms with Crippen molar-refractivity contribution in [1.82, 2.24) is 0 Å². The van der Waals surface area contributed by atoms with E-state index in [0.29, 0.717) is 0 Å². The minimum Gasteiger partial charge on any atom is -0.269 e. The molecule has 1 aliphatic rings. The Labute approximate surface area is 74.2 Å². The summed E-state index contributed by atoms with van der Waals surface area (Å²) in [5.41, 5.74) is 2.55. The molecule has 1 heteroatoms. The van der Waals surface area contributed by atoms with E-state index in [4.69, 9.17) is 0 Å². The number of hydrogen-bond donors (Lipinski definition) is 0. The summed E-state index contributed by atoms with van der Waals surface area (Å²) in [6, 6.07) is 0. The lowest BCUT2D eigenvalue weighted by molar-refractivity contribution is 1.02. The molecular weight excluding hydrogens is 146 g/mol. The first kappa shape index (κ1) is 8.98. The van der Waals surface area contributed by atoms with E-state index in [1.54, 1.807) is 6.21 Å². The van der Waals surface area contributed by atoms with Crippen molar-refractivity contribution in [2.45, 2.75) is 26.7 Å². The summed E-state index contributed by atoms with van der Waals surface area (Å²) in [6.45, 7) is 4.02. The summed E-state index contributed by atoms with van der Waals surface area (Å²) >= 11 is 0. The largest absolute Gasteiger partial charge is 0.269 e. The van der Waals surface area contributed by atoms with E-state index in [-0.39, 0.29) is 0 Å². The van der Waals surface area contributed by atoms with Gasteiger partial charge in [-0.2, -0.15) is 0 Å². The van der Waals surface area contributed by atoms with Crippen LogP contribution in [0.2, 0.25) is 0 Å². The van der Waals surface area contributed by atoms with Gasteiger partial charge in [-0.3, -0.25) is 4.99 Å². The van der Waals surface area contributed by atoms with E-state index in [1.807, 2.05) is 13.1 Å². The lowest BCUT2D eigenvalue weighted by Gasteiger charge is -2.05. The van der Waals surface area contributed by atoms with Crippen molar-refractivity contribution in [3.63, 3.8) is 0 Å². The van der Waals surface area contributed by atoms with Crippen LogP contribution >= 0.6 is 0 Å². The molecule has 0 bridgehead atoms. The smallest absolute Gasteiger partial charge is 0.0298 e. The van der Waals surface area contributed by atoms with Crippen molar-refractivity contribution in [3.8, 4) is 0 Å². The molecule has 1 aliphatic carbocycles. The van der Waals surface area contributed by atoms with Gasteiger partial charge in [0.2, 0.25) is 0 Å². The Bertz CT molecular complexity index is 254. The van der Waals surface area contributed by atoms with Crippen LogP contribution in [0.3, 0.4) is 0 Å². The summed E-state index contributed by atoms with van der Waals surface area (Å²) in [7, 11) is 0. The highest BCUT2D eigenvalue weighted by Crippen LogP contribution is 2.17. The molecule has 0 spiro atoms. The number of rotatable bonds is 2. The van der Waals surface area contributed by atoms with Crippen molar-refractivity contribution in [2.24, 2.45) is 4.99 Å². The van der Waals surface area contributed by atoms with Gasteiger partial charge in [0, 0.05) is 12.4 Å². The normalized spacial score (nSPS) is 18.5. The van der Waals surface area contributed by atoms with Gasteiger partial charge in [-0.05, 0) is 37.8 Å². The summed E-state index contributed by atoms with van der Waals surface area (Å²) < 4.78 is 0. The molecule has 0 aromatic carbocycles. The van der Waals surface area contributed by atoms with Gasteiger partial charge in [-0.25, -0.2) is 0 Å². The van der Waals surface area contributed by atoms with Gasteiger partial charge < -0.3 is 0 Å². The molecule has 1 rings (SSSR count). The second-order valence-corrected chi connectivity index (χ2v) is 2.86. The fraction of sp³-hybridized carbons (Fsp3) is 0.364. The lowest BCUT2D eigenvalue weighted by Crippen LogP contribution is -1.86. The molecule has 64 valence electrons. The van der Waals surface area contributed by atoms with Crippen molar-refractivity contribution in [1.29, 1.82) is 0 Å². The summed E-state index contributed by atoms with van der Waals surface area (Å²) in [5, 5.41) is 0. The molecule has 0 amide bonds. The molecule has 0 radical (unpaired) electrons. The minimum absolute atomic E-state index is 1.16. The van der Waals surface area contributed by atoms with Crippen molar-refractivity contribution >= 4 is 6.21 Å². The Morgan fingerprint density at radius 1 is 1.50 bits per heavy atom. The van der Waals surface area contributed by atoms with Gasteiger partial charge in [0.1, 0.15) is 0 Å². The van der Waals surface area contributed by atoms with Gasteiger partial charge in [0.15, 0.2) is 0 Å². The fourth-order valence-electron chi connectivity index (χ4n) is 1.17. The van der Waals surface area contributed by atoms with E-state index < -0.39 is 0 Å². The van der Waals surface area contributed by atoms with Crippen LogP contribution in [0.1, 0.15) is 26.7 Å².